The molecule has 0 bridgehead atoms. The first-order valence-electron chi connectivity index (χ1n) is 5.16. The Kier molecular flexibility index (Phi) is 5.27. The first-order chi connectivity index (χ1) is 6.86. The summed E-state index contributed by atoms with van der Waals surface area (Å²) in [7, 11) is 0. The van der Waals surface area contributed by atoms with E-state index in [-0.39, 0.29) is 0 Å². The van der Waals surface area contributed by atoms with Crippen molar-refractivity contribution in [3.05, 3.63) is 42.8 Å². The highest BCUT2D eigenvalue weighted by Gasteiger charge is 2.01. The summed E-state index contributed by atoms with van der Waals surface area (Å²) in [6, 6.07) is 10.4. The van der Waals surface area contributed by atoms with E-state index in [9.17, 15) is 0 Å². The van der Waals surface area contributed by atoms with E-state index in [0.29, 0.717) is 6.17 Å². The Labute approximate surface area is 86.7 Å². The third-order valence-electron chi connectivity index (χ3n) is 2.13. The summed E-state index contributed by atoms with van der Waals surface area (Å²) >= 11 is 0. The number of hydrogen-bond donors (Lipinski definition) is 2. The molecule has 1 radical (unpaired) electrons. The molecule has 1 aromatic carbocycles. The fourth-order valence-electron chi connectivity index (χ4n) is 1.36. The van der Waals surface area contributed by atoms with Crippen molar-refractivity contribution in [1.82, 2.24) is 10.6 Å². The zero-order valence-corrected chi connectivity index (χ0v) is 8.79. The fourth-order valence-corrected chi connectivity index (χ4v) is 1.36. The molecule has 0 saturated carbocycles. The van der Waals surface area contributed by atoms with E-state index in [1.807, 2.05) is 6.07 Å². The van der Waals surface area contributed by atoms with Crippen molar-refractivity contribution in [2.24, 2.45) is 0 Å². The first-order valence-corrected chi connectivity index (χ1v) is 5.16. The van der Waals surface area contributed by atoms with Gasteiger partial charge in [0.25, 0.3) is 0 Å². The van der Waals surface area contributed by atoms with E-state index in [1.54, 1.807) is 0 Å². The van der Waals surface area contributed by atoms with E-state index in [0.717, 1.165) is 19.5 Å². The second kappa shape index (κ2) is 6.57. The quantitative estimate of drug-likeness (QED) is 0.671. The molecule has 1 rings (SSSR count). The van der Waals surface area contributed by atoms with Crippen LogP contribution in [0.15, 0.2) is 30.3 Å². The maximum atomic E-state index is 3.89. The largest absolute Gasteiger partial charge is 0.302 e. The van der Waals surface area contributed by atoms with Crippen LogP contribution < -0.4 is 10.6 Å². The zero-order chi connectivity index (χ0) is 10.2. The van der Waals surface area contributed by atoms with Gasteiger partial charge in [-0.3, -0.25) is 5.32 Å². The lowest BCUT2D eigenvalue weighted by molar-refractivity contribution is 0.434. The van der Waals surface area contributed by atoms with Crippen LogP contribution in [0.3, 0.4) is 0 Å². The van der Waals surface area contributed by atoms with Crippen LogP contribution in [-0.2, 0) is 6.54 Å². The van der Waals surface area contributed by atoms with Gasteiger partial charge in [-0.05, 0) is 18.5 Å². The molecule has 0 heterocycles. The van der Waals surface area contributed by atoms with Crippen molar-refractivity contribution in [2.75, 3.05) is 6.54 Å². The number of rotatable bonds is 6. The molecule has 1 aromatic rings. The van der Waals surface area contributed by atoms with Crippen LogP contribution in [0.4, 0.5) is 0 Å². The van der Waals surface area contributed by atoms with E-state index in [4.69, 9.17) is 0 Å². The molecule has 0 fully saturated rings. The molecule has 1 atom stereocenters. The van der Waals surface area contributed by atoms with E-state index in [2.05, 4.69) is 48.7 Å². The summed E-state index contributed by atoms with van der Waals surface area (Å²) in [5, 5.41) is 6.74. The Morgan fingerprint density at radius 2 is 1.93 bits per heavy atom. The average molecular weight is 191 g/mol. The Balaban J connectivity index is 2.32. The number of benzene rings is 1. The van der Waals surface area contributed by atoms with Gasteiger partial charge in [-0.15, -0.1) is 0 Å². The lowest BCUT2D eigenvalue weighted by Crippen LogP contribution is -2.41. The molecule has 2 nitrogen and oxygen atoms in total. The third kappa shape index (κ3) is 3.90. The summed E-state index contributed by atoms with van der Waals surface area (Å²) in [6.45, 7) is 7.87. The highest BCUT2D eigenvalue weighted by molar-refractivity contribution is 5.14. The zero-order valence-electron chi connectivity index (χ0n) is 8.79. The second-order valence-electron chi connectivity index (χ2n) is 3.27. The lowest BCUT2D eigenvalue weighted by atomic mass is 10.2. The van der Waals surface area contributed by atoms with Crippen LogP contribution in [0.1, 0.15) is 18.9 Å². The summed E-state index contributed by atoms with van der Waals surface area (Å²) < 4.78 is 0. The average Bonchev–Trinajstić information content (AvgIpc) is 2.25. The molecule has 14 heavy (non-hydrogen) atoms. The first kappa shape index (κ1) is 11.2. The van der Waals surface area contributed by atoms with Crippen LogP contribution in [0, 0.1) is 6.92 Å². The van der Waals surface area contributed by atoms with Crippen molar-refractivity contribution >= 4 is 0 Å². The maximum absolute atomic E-state index is 3.89. The van der Waals surface area contributed by atoms with Gasteiger partial charge in [0.15, 0.2) is 0 Å². The molecule has 1 unspecified atom stereocenters. The molecular weight excluding hydrogens is 172 g/mol. The van der Waals surface area contributed by atoms with Crippen LogP contribution in [0.2, 0.25) is 0 Å². The SMILES string of the molecule is [CH2]CC(NCC)NCc1ccccc1. The molecule has 0 aliphatic heterocycles. The van der Waals surface area contributed by atoms with Crippen LogP contribution >= 0.6 is 0 Å². The van der Waals surface area contributed by atoms with E-state index in [1.165, 1.54) is 5.56 Å². The molecule has 0 aliphatic rings. The maximum Gasteiger partial charge on any atom is 0.0574 e. The highest BCUT2D eigenvalue weighted by atomic mass is 15.1. The minimum Gasteiger partial charge on any atom is -0.302 e. The van der Waals surface area contributed by atoms with Crippen molar-refractivity contribution in [3.8, 4) is 0 Å². The van der Waals surface area contributed by atoms with E-state index >= 15 is 0 Å². The van der Waals surface area contributed by atoms with Gasteiger partial charge < -0.3 is 5.32 Å². The van der Waals surface area contributed by atoms with Crippen molar-refractivity contribution < 1.29 is 0 Å². The van der Waals surface area contributed by atoms with Crippen molar-refractivity contribution in [1.29, 1.82) is 0 Å². The third-order valence-corrected chi connectivity index (χ3v) is 2.13. The Hall–Kier alpha value is -0.860. The Morgan fingerprint density at radius 1 is 1.21 bits per heavy atom. The van der Waals surface area contributed by atoms with Crippen LogP contribution in [0.5, 0.6) is 0 Å². The highest BCUT2D eigenvalue weighted by Crippen LogP contribution is 1.98. The Morgan fingerprint density at radius 3 is 2.50 bits per heavy atom. The monoisotopic (exact) mass is 191 g/mol. The van der Waals surface area contributed by atoms with Gasteiger partial charge in [-0.1, -0.05) is 44.2 Å². The molecular formula is C12H19N2. The lowest BCUT2D eigenvalue weighted by Gasteiger charge is -2.17. The predicted octanol–water partition coefficient (Wildman–Crippen LogP) is 1.94. The van der Waals surface area contributed by atoms with Crippen molar-refractivity contribution in [2.45, 2.75) is 26.1 Å². The molecule has 2 heteroatoms. The normalized spacial score (nSPS) is 12.7. The summed E-state index contributed by atoms with van der Waals surface area (Å²) in [4.78, 5) is 0. The summed E-state index contributed by atoms with van der Waals surface area (Å²) in [6.07, 6.45) is 1.18. The van der Waals surface area contributed by atoms with Crippen LogP contribution in [0.25, 0.3) is 0 Å². The second-order valence-corrected chi connectivity index (χ2v) is 3.27. The molecule has 0 aliphatic carbocycles. The van der Waals surface area contributed by atoms with Gasteiger partial charge in [0.1, 0.15) is 0 Å². The van der Waals surface area contributed by atoms with Crippen LogP contribution in [-0.4, -0.2) is 12.7 Å². The van der Waals surface area contributed by atoms with Gasteiger partial charge in [0.05, 0.1) is 6.17 Å². The van der Waals surface area contributed by atoms with Gasteiger partial charge >= 0.3 is 0 Å². The standard InChI is InChI=1S/C12H19N2/c1-3-12(13-4-2)14-10-11-8-6-5-7-9-11/h5-9,12-14H,1,3-4,10H2,2H3. The van der Waals surface area contributed by atoms with Crippen molar-refractivity contribution in [3.63, 3.8) is 0 Å². The minimum atomic E-state index is 0.320. The number of hydrogen-bond acceptors (Lipinski definition) is 2. The summed E-state index contributed by atoms with van der Waals surface area (Å²) in [5.74, 6) is 0. The minimum absolute atomic E-state index is 0.320. The van der Waals surface area contributed by atoms with Gasteiger partial charge in [0, 0.05) is 6.54 Å². The van der Waals surface area contributed by atoms with Gasteiger partial charge in [-0.2, -0.15) is 0 Å². The Bertz CT molecular complexity index is 233. The molecule has 0 spiro atoms. The molecule has 0 aromatic heterocycles. The predicted molar refractivity (Wildman–Crippen MR) is 60.7 cm³/mol. The smallest absolute Gasteiger partial charge is 0.0574 e. The number of nitrogens with one attached hydrogen (secondary N) is 2. The topological polar surface area (TPSA) is 24.1 Å². The van der Waals surface area contributed by atoms with E-state index < -0.39 is 0 Å². The molecule has 2 N–H and O–H groups in total. The molecule has 77 valence electrons. The fraction of sp³-hybridized carbons (Fsp3) is 0.417. The van der Waals surface area contributed by atoms with Gasteiger partial charge in [-0.25, -0.2) is 0 Å². The molecule has 0 amide bonds. The summed E-state index contributed by atoms with van der Waals surface area (Å²) in [5.41, 5.74) is 1.31. The molecule has 0 saturated heterocycles. The van der Waals surface area contributed by atoms with Gasteiger partial charge in [0.2, 0.25) is 0 Å².